The minimum atomic E-state index is -4.45. The summed E-state index contributed by atoms with van der Waals surface area (Å²) in [7, 11) is 0. The van der Waals surface area contributed by atoms with E-state index >= 15 is 0 Å². The first kappa shape index (κ1) is 20.2. The van der Waals surface area contributed by atoms with Gasteiger partial charge in [0.2, 0.25) is 5.91 Å². The molecule has 5 nitrogen and oxygen atoms in total. The zero-order chi connectivity index (χ0) is 19.3. The van der Waals surface area contributed by atoms with Crippen molar-refractivity contribution in [3.05, 3.63) is 35.4 Å². The highest BCUT2D eigenvalue weighted by atomic mass is 19.4. The summed E-state index contributed by atoms with van der Waals surface area (Å²) in [6, 6.07) is 3.84. The van der Waals surface area contributed by atoms with Crippen LogP contribution >= 0.6 is 0 Å². The van der Waals surface area contributed by atoms with Crippen molar-refractivity contribution in [1.82, 2.24) is 10.6 Å². The second-order valence-corrected chi connectivity index (χ2v) is 6.70. The van der Waals surface area contributed by atoms with Crippen molar-refractivity contribution < 1.29 is 27.5 Å². The van der Waals surface area contributed by atoms with Gasteiger partial charge >= 0.3 is 6.18 Å². The third-order valence-corrected chi connectivity index (χ3v) is 4.31. The Morgan fingerprint density at radius 3 is 2.46 bits per heavy atom. The van der Waals surface area contributed by atoms with Crippen molar-refractivity contribution in [2.75, 3.05) is 13.2 Å². The van der Waals surface area contributed by atoms with E-state index in [2.05, 4.69) is 24.5 Å². The van der Waals surface area contributed by atoms with Crippen molar-refractivity contribution in [1.29, 1.82) is 0 Å². The third kappa shape index (κ3) is 5.72. The van der Waals surface area contributed by atoms with E-state index in [0.29, 0.717) is 18.9 Å². The summed E-state index contributed by atoms with van der Waals surface area (Å²) in [5, 5.41) is 5.27. The lowest BCUT2D eigenvalue weighted by Crippen LogP contribution is -2.46. The van der Waals surface area contributed by atoms with Gasteiger partial charge in [0.05, 0.1) is 18.2 Å². The number of alkyl halides is 3. The number of benzene rings is 1. The van der Waals surface area contributed by atoms with E-state index in [1.54, 1.807) is 0 Å². The molecule has 1 saturated heterocycles. The Kier molecular flexibility index (Phi) is 6.63. The van der Waals surface area contributed by atoms with Gasteiger partial charge in [-0.1, -0.05) is 13.8 Å². The second kappa shape index (κ2) is 8.53. The van der Waals surface area contributed by atoms with Crippen LogP contribution in [0.3, 0.4) is 0 Å². The molecule has 2 rings (SSSR count). The van der Waals surface area contributed by atoms with Crippen molar-refractivity contribution in [3.63, 3.8) is 0 Å². The summed E-state index contributed by atoms with van der Waals surface area (Å²) in [6.45, 7) is 4.45. The maximum atomic E-state index is 12.5. The molecule has 1 aliphatic rings. The van der Waals surface area contributed by atoms with Gasteiger partial charge < -0.3 is 15.4 Å². The standard InChI is InChI=1S/C18H23F3N2O3/c1-11(2)15-9-14(7-8-26-15)23-16(24)10-22-17(25)12-3-5-13(6-4-12)18(19,20)21/h3-6,11,14-15H,7-10H2,1-2H3,(H,22,25)(H,23,24)/t14-,15-/m1/s1. The lowest BCUT2D eigenvalue weighted by atomic mass is 9.95. The van der Waals surface area contributed by atoms with Crippen LogP contribution in [0.25, 0.3) is 0 Å². The maximum absolute atomic E-state index is 12.5. The minimum absolute atomic E-state index is 0.00776. The van der Waals surface area contributed by atoms with Crippen LogP contribution in [-0.2, 0) is 15.7 Å². The van der Waals surface area contributed by atoms with E-state index in [1.165, 1.54) is 0 Å². The summed E-state index contributed by atoms with van der Waals surface area (Å²) < 4.78 is 43.2. The topological polar surface area (TPSA) is 67.4 Å². The fraction of sp³-hybridized carbons (Fsp3) is 0.556. The number of hydrogen-bond acceptors (Lipinski definition) is 3. The van der Waals surface area contributed by atoms with E-state index in [4.69, 9.17) is 4.74 Å². The number of carbonyl (C=O) groups is 2. The van der Waals surface area contributed by atoms with Gasteiger partial charge in [0, 0.05) is 18.2 Å². The Balaban J connectivity index is 1.80. The molecule has 1 aliphatic heterocycles. The zero-order valence-corrected chi connectivity index (χ0v) is 14.7. The van der Waals surface area contributed by atoms with Crippen LogP contribution in [0.1, 0.15) is 42.6 Å². The van der Waals surface area contributed by atoms with Crippen molar-refractivity contribution in [2.24, 2.45) is 5.92 Å². The van der Waals surface area contributed by atoms with Gasteiger partial charge in [0.1, 0.15) is 0 Å². The summed E-state index contributed by atoms with van der Waals surface area (Å²) in [5.74, 6) is -0.574. The first-order chi connectivity index (χ1) is 12.2. The lowest BCUT2D eigenvalue weighted by Gasteiger charge is -2.32. The normalized spacial score (nSPS) is 20.7. The van der Waals surface area contributed by atoms with E-state index in [1.807, 2.05) is 0 Å². The van der Waals surface area contributed by atoms with Crippen LogP contribution in [0, 0.1) is 5.92 Å². The Bertz CT molecular complexity index is 630. The van der Waals surface area contributed by atoms with Gasteiger partial charge in [-0.3, -0.25) is 9.59 Å². The van der Waals surface area contributed by atoms with Crippen LogP contribution in [0.5, 0.6) is 0 Å². The van der Waals surface area contributed by atoms with Crippen LogP contribution in [0.15, 0.2) is 24.3 Å². The molecule has 26 heavy (non-hydrogen) atoms. The van der Waals surface area contributed by atoms with Gasteiger partial charge in [0.25, 0.3) is 5.91 Å². The smallest absolute Gasteiger partial charge is 0.378 e. The SMILES string of the molecule is CC(C)[C@H]1C[C@H](NC(=O)CNC(=O)c2ccc(C(F)(F)F)cc2)CCO1. The highest BCUT2D eigenvalue weighted by Crippen LogP contribution is 2.29. The minimum Gasteiger partial charge on any atom is -0.378 e. The maximum Gasteiger partial charge on any atom is 0.416 e. The number of rotatable bonds is 5. The Morgan fingerprint density at radius 1 is 1.23 bits per heavy atom. The number of carbonyl (C=O) groups excluding carboxylic acids is 2. The molecule has 144 valence electrons. The van der Waals surface area contributed by atoms with Gasteiger partial charge in [-0.25, -0.2) is 0 Å². The molecule has 0 unspecified atom stereocenters. The molecule has 1 heterocycles. The number of nitrogens with one attached hydrogen (secondary N) is 2. The molecule has 1 aromatic carbocycles. The molecule has 0 spiro atoms. The largest absolute Gasteiger partial charge is 0.416 e. The van der Waals surface area contributed by atoms with Crippen molar-refractivity contribution in [3.8, 4) is 0 Å². The highest BCUT2D eigenvalue weighted by molar-refractivity contribution is 5.96. The molecule has 2 atom stereocenters. The quantitative estimate of drug-likeness (QED) is 0.835. The van der Waals surface area contributed by atoms with E-state index in [-0.39, 0.29) is 30.2 Å². The monoisotopic (exact) mass is 372 g/mol. The van der Waals surface area contributed by atoms with Crippen LogP contribution in [0.2, 0.25) is 0 Å². The van der Waals surface area contributed by atoms with Crippen LogP contribution in [0.4, 0.5) is 13.2 Å². The van der Waals surface area contributed by atoms with Gasteiger partial charge in [0.15, 0.2) is 0 Å². The fourth-order valence-electron chi connectivity index (χ4n) is 2.78. The summed E-state index contributed by atoms with van der Waals surface area (Å²) in [6.07, 6.45) is -2.93. The molecule has 0 bridgehead atoms. The van der Waals surface area contributed by atoms with Gasteiger partial charge in [-0.15, -0.1) is 0 Å². The van der Waals surface area contributed by atoms with E-state index in [9.17, 15) is 22.8 Å². The van der Waals surface area contributed by atoms with Gasteiger partial charge in [-0.05, 0) is 43.0 Å². The Hall–Kier alpha value is -2.09. The average molecular weight is 372 g/mol. The molecule has 2 amide bonds. The van der Waals surface area contributed by atoms with Gasteiger partial charge in [-0.2, -0.15) is 13.2 Å². The molecule has 2 N–H and O–H groups in total. The molecule has 0 radical (unpaired) electrons. The molecule has 8 heteroatoms. The van der Waals surface area contributed by atoms with Crippen LogP contribution in [-0.4, -0.2) is 37.1 Å². The molecular weight excluding hydrogens is 349 g/mol. The molecule has 1 fully saturated rings. The predicted octanol–water partition coefficient (Wildman–Crippen LogP) is 2.76. The van der Waals surface area contributed by atoms with Crippen LogP contribution < -0.4 is 10.6 Å². The average Bonchev–Trinajstić information content (AvgIpc) is 2.59. The molecule has 0 aliphatic carbocycles. The van der Waals surface area contributed by atoms with Crippen molar-refractivity contribution in [2.45, 2.75) is 45.0 Å². The number of hydrogen-bond donors (Lipinski definition) is 2. The summed E-state index contributed by atoms with van der Waals surface area (Å²) in [4.78, 5) is 23.9. The molecule has 1 aromatic rings. The number of amides is 2. The van der Waals surface area contributed by atoms with E-state index in [0.717, 1.165) is 30.7 Å². The fourth-order valence-corrected chi connectivity index (χ4v) is 2.78. The second-order valence-electron chi connectivity index (χ2n) is 6.70. The zero-order valence-electron chi connectivity index (χ0n) is 14.7. The predicted molar refractivity (Wildman–Crippen MR) is 89.5 cm³/mol. The molecule has 0 aromatic heterocycles. The number of ether oxygens (including phenoxy) is 1. The molecular formula is C18H23F3N2O3. The third-order valence-electron chi connectivity index (χ3n) is 4.31. The Labute approximate surface area is 150 Å². The summed E-state index contributed by atoms with van der Waals surface area (Å²) in [5.41, 5.74) is -0.761. The summed E-state index contributed by atoms with van der Waals surface area (Å²) >= 11 is 0. The van der Waals surface area contributed by atoms with Crippen molar-refractivity contribution >= 4 is 11.8 Å². The lowest BCUT2D eigenvalue weighted by molar-refractivity contribution is -0.137. The highest BCUT2D eigenvalue weighted by Gasteiger charge is 2.30. The number of halogens is 3. The first-order valence-corrected chi connectivity index (χ1v) is 8.53. The molecule has 0 saturated carbocycles. The first-order valence-electron chi connectivity index (χ1n) is 8.53. The van der Waals surface area contributed by atoms with E-state index < -0.39 is 17.6 Å². The Morgan fingerprint density at radius 2 is 1.88 bits per heavy atom.